The minimum absolute atomic E-state index is 0.0570. The molecule has 4 rings (SSSR count). The Labute approximate surface area is 390 Å². The largest absolute Gasteiger partial charge is 0.508 e. The minimum atomic E-state index is -0.600. The van der Waals surface area contributed by atoms with Gasteiger partial charge in [-0.2, -0.15) is 0 Å². The molecule has 0 amide bonds. The van der Waals surface area contributed by atoms with E-state index in [4.69, 9.17) is 4.74 Å². The molecule has 0 fully saturated rings. The monoisotopic (exact) mass is 877 g/mol. The third-order valence-corrected chi connectivity index (χ3v) is 15.4. The number of phenolic OH excluding ortho intramolecular Hbond substituents is 1. The lowest BCUT2D eigenvalue weighted by Crippen LogP contribution is -2.29. The van der Waals surface area contributed by atoms with Crippen molar-refractivity contribution in [3.63, 3.8) is 0 Å². The van der Waals surface area contributed by atoms with E-state index in [1.807, 2.05) is 46.8 Å². The second-order valence-corrected chi connectivity index (χ2v) is 20.4. The fourth-order valence-electron chi connectivity index (χ4n) is 10.2. The van der Waals surface area contributed by atoms with Crippen LogP contribution in [0.25, 0.3) is 0 Å². The van der Waals surface area contributed by atoms with Crippen LogP contribution in [0.4, 0.5) is 0 Å². The lowest BCUT2D eigenvalue weighted by atomic mass is 9.69. The summed E-state index contributed by atoms with van der Waals surface area (Å²) in [5, 5.41) is 31.6. The van der Waals surface area contributed by atoms with E-state index >= 15 is 0 Å². The number of hydrogen-bond donors (Lipinski definition) is 3. The smallest absolute Gasteiger partial charge is 0.316 e. The summed E-state index contributed by atoms with van der Waals surface area (Å²) < 4.78 is 5.71. The van der Waals surface area contributed by atoms with Gasteiger partial charge in [0.25, 0.3) is 0 Å². The number of phenols is 1. The number of benzene rings is 4. The molecule has 0 heterocycles. The van der Waals surface area contributed by atoms with Crippen LogP contribution in [0.3, 0.4) is 0 Å². The van der Waals surface area contributed by atoms with Crippen molar-refractivity contribution >= 4 is 5.97 Å². The molecule has 0 aromatic heterocycles. The number of esters is 1. The van der Waals surface area contributed by atoms with E-state index < -0.39 is 16.6 Å². The maximum Gasteiger partial charge on any atom is 0.316 e. The highest BCUT2D eigenvalue weighted by molar-refractivity contribution is 5.78. The fraction of sp³-hybridized carbons (Fsp3) is 0.576. The van der Waals surface area contributed by atoms with Gasteiger partial charge in [0, 0.05) is 10.8 Å². The maximum atomic E-state index is 12.4. The molecule has 0 spiro atoms. The number of aromatic hydroxyl groups is 1. The molecule has 2 unspecified atom stereocenters. The van der Waals surface area contributed by atoms with Crippen LogP contribution in [-0.2, 0) is 15.6 Å². The van der Waals surface area contributed by atoms with Gasteiger partial charge in [-0.3, -0.25) is 4.79 Å². The van der Waals surface area contributed by atoms with Gasteiger partial charge < -0.3 is 20.1 Å². The average Bonchev–Trinajstić information content (AvgIpc) is 3.26. The molecule has 0 saturated carbocycles. The van der Waals surface area contributed by atoms with Crippen LogP contribution in [0.1, 0.15) is 222 Å². The van der Waals surface area contributed by atoms with Crippen molar-refractivity contribution < 1.29 is 24.9 Å². The SMILES string of the molecule is CCC(O)(CC)CC(C)c1ccc(C(CC)(CC)c2ccc(O)c(C)c2)cc1C.CCC(O)(CC)CC(C)c1ccc(C(CC)(CC)c2ccc(OC(=O)C(C)(C)C)c(C)c2)cc1C. The Morgan fingerprint density at radius 2 is 0.828 bits per heavy atom. The summed E-state index contributed by atoms with van der Waals surface area (Å²) in [6.45, 7) is 35.7. The number of carbonyl (C=O) groups is 1. The van der Waals surface area contributed by atoms with Gasteiger partial charge in [-0.15, -0.1) is 0 Å². The molecule has 0 bridgehead atoms. The molecular formula is C59H88O5. The van der Waals surface area contributed by atoms with Crippen LogP contribution in [0.2, 0.25) is 0 Å². The van der Waals surface area contributed by atoms with Crippen LogP contribution >= 0.6 is 0 Å². The Balaban J connectivity index is 0.000000346. The molecule has 0 aliphatic heterocycles. The Morgan fingerprint density at radius 1 is 0.500 bits per heavy atom. The van der Waals surface area contributed by atoms with Gasteiger partial charge >= 0.3 is 5.97 Å². The molecule has 4 aromatic rings. The van der Waals surface area contributed by atoms with Crippen molar-refractivity contribution in [1.29, 1.82) is 0 Å². The first-order chi connectivity index (χ1) is 29.9. The van der Waals surface area contributed by atoms with E-state index in [-0.39, 0.29) is 16.8 Å². The molecule has 0 radical (unpaired) electrons. The van der Waals surface area contributed by atoms with E-state index in [0.717, 1.165) is 75.3 Å². The molecule has 354 valence electrons. The lowest BCUT2D eigenvalue weighted by Gasteiger charge is -2.35. The summed E-state index contributed by atoms with van der Waals surface area (Å²) >= 11 is 0. The van der Waals surface area contributed by atoms with Gasteiger partial charge in [0.15, 0.2) is 0 Å². The molecule has 4 aromatic carbocycles. The van der Waals surface area contributed by atoms with Gasteiger partial charge in [0.05, 0.1) is 16.6 Å². The number of rotatable bonds is 19. The first-order valence-electron chi connectivity index (χ1n) is 24.7. The average molecular weight is 877 g/mol. The quantitative estimate of drug-likeness (QED) is 0.0645. The summed E-state index contributed by atoms with van der Waals surface area (Å²) in [6, 6.07) is 26.1. The van der Waals surface area contributed by atoms with Crippen LogP contribution in [0, 0.1) is 33.1 Å². The first-order valence-corrected chi connectivity index (χ1v) is 24.7. The van der Waals surface area contributed by atoms with Gasteiger partial charge in [-0.1, -0.05) is 130 Å². The zero-order chi connectivity index (χ0) is 48.4. The van der Waals surface area contributed by atoms with Crippen molar-refractivity contribution in [2.24, 2.45) is 5.41 Å². The van der Waals surface area contributed by atoms with Crippen LogP contribution in [0.5, 0.6) is 11.5 Å². The number of aryl methyl sites for hydroxylation is 4. The molecule has 0 saturated heterocycles. The van der Waals surface area contributed by atoms with E-state index in [9.17, 15) is 20.1 Å². The fourth-order valence-corrected chi connectivity index (χ4v) is 10.2. The van der Waals surface area contributed by atoms with Crippen molar-refractivity contribution in [2.75, 3.05) is 0 Å². The Morgan fingerprint density at radius 3 is 1.12 bits per heavy atom. The number of carbonyl (C=O) groups excluding carboxylic acids is 1. The predicted molar refractivity (Wildman–Crippen MR) is 271 cm³/mol. The number of ether oxygens (including phenoxy) is 1. The zero-order valence-electron chi connectivity index (χ0n) is 43.3. The Hall–Kier alpha value is -3.93. The number of aliphatic hydroxyl groups is 2. The maximum absolute atomic E-state index is 12.4. The van der Waals surface area contributed by atoms with E-state index in [0.29, 0.717) is 23.3 Å². The van der Waals surface area contributed by atoms with Crippen molar-refractivity contribution in [2.45, 2.75) is 216 Å². The zero-order valence-corrected chi connectivity index (χ0v) is 43.3. The standard InChI is InChI=1S/C32H48O3.C27H40O2/c1-11-31(34,12-2)21-24(7)27-17-15-25(19-22(27)5)32(13-3,14-4)26-16-18-28(23(6)20-26)35-29(33)30(8,9)10;1-8-26(29,9-2)18-21(7)24-14-12-22(16-19(24)5)27(10-3,11-4)23-13-15-25(28)20(6)17-23/h15-20,24,34H,11-14,21H2,1-10H3;12-17,21,28-29H,8-11,18H2,1-7H3. The van der Waals surface area contributed by atoms with E-state index in [1.54, 1.807) is 0 Å². The molecule has 3 N–H and O–H groups in total. The molecule has 5 nitrogen and oxygen atoms in total. The summed E-state index contributed by atoms with van der Waals surface area (Å²) in [5.74, 6) is 1.39. The molecule has 0 aliphatic rings. The van der Waals surface area contributed by atoms with Crippen LogP contribution < -0.4 is 4.74 Å². The molecule has 5 heteroatoms. The summed E-state index contributed by atoms with van der Waals surface area (Å²) in [6.07, 6.45) is 8.68. The summed E-state index contributed by atoms with van der Waals surface area (Å²) in [5.41, 5.74) is 10.4. The van der Waals surface area contributed by atoms with E-state index in [2.05, 4.69) is 144 Å². The number of hydrogen-bond acceptors (Lipinski definition) is 5. The third kappa shape index (κ3) is 12.3. The van der Waals surface area contributed by atoms with Gasteiger partial charge in [0.2, 0.25) is 0 Å². The minimum Gasteiger partial charge on any atom is -0.508 e. The topological polar surface area (TPSA) is 87.0 Å². The molecular weight excluding hydrogens is 789 g/mol. The van der Waals surface area contributed by atoms with Gasteiger partial charge in [-0.05, 0) is 192 Å². The highest BCUT2D eigenvalue weighted by Gasteiger charge is 2.35. The molecule has 2 atom stereocenters. The third-order valence-electron chi connectivity index (χ3n) is 15.4. The highest BCUT2D eigenvalue weighted by Crippen LogP contribution is 2.44. The highest BCUT2D eigenvalue weighted by atomic mass is 16.5. The van der Waals surface area contributed by atoms with Crippen LogP contribution in [0.15, 0.2) is 72.8 Å². The van der Waals surface area contributed by atoms with E-state index in [1.165, 1.54) is 44.5 Å². The molecule has 64 heavy (non-hydrogen) atoms. The summed E-state index contributed by atoms with van der Waals surface area (Å²) in [7, 11) is 0. The first kappa shape index (κ1) is 54.4. The normalized spacial score (nSPS) is 13.5. The summed E-state index contributed by atoms with van der Waals surface area (Å²) in [4.78, 5) is 12.4. The van der Waals surface area contributed by atoms with Gasteiger partial charge in [-0.25, -0.2) is 0 Å². The second-order valence-electron chi connectivity index (χ2n) is 20.4. The van der Waals surface area contributed by atoms with Crippen molar-refractivity contribution in [1.82, 2.24) is 0 Å². The second kappa shape index (κ2) is 22.5. The van der Waals surface area contributed by atoms with Crippen molar-refractivity contribution in [3.8, 4) is 11.5 Å². The Bertz CT molecular complexity index is 2120. The molecule has 0 aliphatic carbocycles. The Kier molecular flexibility index (Phi) is 19.1. The predicted octanol–water partition coefficient (Wildman–Crippen LogP) is 15.6. The van der Waals surface area contributed by atoms with Crippen molar-refractivity contribution in [3.05, 3.63) is 128 Å². The lowest BCUT2D eigenvalue weighted by molar-refractivity contribution is -0.143. The van der Waals surface area contributed by atoms with Gasteiger partial charge in [0.1, 0.15) is 11.5 Å². The van der Waals surface area contributed by atoms with Crippen LogP contribution in [-0.4, -0.2) is 32.5 Å².